The minimum absolute atomic E-state index is 0.247. The minimum Gasteiger partial charge on any atom is -0.322 e. The average Bonchev–Trinajstić information content (AvgIpc) is 3.23. The summed E-state index contributed by atoms with van der Waals surface area (Å²) in [5.74, 6) is -0.247. The van der Waals surface area contributed by atoms with Crippen LogP contribution in [0.25, 0.3) is 0 Å². The van der Waals surface area contributed by atoms with Crippen LogP contribution in [0.1, 0.15) is 48.5 Å². The summed E-state index contributed by atoms with van der Waals surface area (Å²) in [6.45, 7) is 3.55. The Balaban J connectivity index is 1.73. The lowest BCUT2D eigenvalue weighted by atomic mass is 10.1. The van der Waals surface area contributed by atoms with E-state index in [1.54, 1.807) is 24.3 Å². The monoisotopic (exact) mass is 386 g/mol. The van der Waals surface area contributed by atoms with Gasteiger partial charge in [-0.15, -0.1) is 0 Å². The van der Waals surface area contributed by atoms with Crippen LogP contribution in [-0.2, 0) is 16.4 Å². The molecule has 0 spiro atoms. The van der Waals surface area contributed by atoms with Crippen molar-refractivity contribution in [3.05, 3.63) is 59.7 Å². The summed E-state index contributed by atoms with van der Waals surface area (Å²) in [6.07, 6.45) is 3.40. The summed E-state index contributed by atoms with van der Waals surface area (Å²) >= 11 is 0. The van der Waals surface area contributed by atoms with Gasteiger partial charge in [-0.25, -0.2) is 8.42 Å². The van der Waals surface area contributed by atoms with E-state index in [4.69, 9.17) is 0 Å². The molecule has 1 amide bonds. The van der Waals surface area contributed by atoms with Gasteiger partial charge in [0.1, 0.15) is 0 Å². The molecule has 0 aromatic heterocycles. The zero-order valence-corrected chi connectivity index (χ0v) is 16.4. The molecule has 0 heterocycles. The number of hydrogen-bond donors (Lipinski definition) is 2. The Labute approximate surface area is 161 Å². The Hall–Kier alpha value is -2.18. The first-order chi connectivity index (χ1) is 13.0. The van der Waals surface area contributed by atoms with E-state index in [1.807, 2.05) is 31.2 Å². The second-order valence-electron chi connectivity index (χ2n) is 6.87. The molecule has 0 radical (unpaired) electrons. The Kier molecular flexibility index (Phi) is 6.29. The summed E-state index contributed by atoms with van der Waals surface area (Å²) in [7, 11) is -3.30. The summed E-state index contributed by atoms with van der Waals surface area (Å²) in [5, 5.41) is 5.89. The van der Waals surface area contributed by atoms with Crippen molar-refractivity contribution in [2.45, 2.75) is 49.3 Å². The predicted octanol–water partition coefficient (Wildman–Crippen LogP) is 3.76. The first-order valence-electron chi connectivity index (χ1n) is 9.46. The molecule has 2 N–H and O–H groups in total. The maximum absolute atomic E-state index is 12.6. The van der Waals surface area contributed by atoms with E-state index in [-0.39, 0.29) is 11.2 Å². The smallest absolute Gasteiger partial charge is 0.255 e. The number of rotatable bonds is 7. The lowest BCUT2D eigenvalue weighted by Crippen LogP contribution is -2.19. The van der Waals surface area contributed by atoms with Crippen LogP contribution in [-0.4, -0.2) is 26.1 Å². The second kappa shape index (κ2) is 8.67. The van der Waals surface area contributed by atoms with E-state index in [2.05, 4.69) is 10.6 Å². The van der Waals surface area contributed by atoms with E-state index in [0.717, 1.165) is 43.5 Å². The van der Waals surface area contributed by atoms with Gasteiger partial charge in [-0.2, -0.15) is 0 Å². The summed E-state index contributed by atoms with van der Waals surface area (Å²) < 4.78 is 25.3. The van der Waals surface area contributed by atoms with E-state index in [0.29, 0.717) is 17.0 Å². The van der Waals surface area contributed by atoms with Crippen LogP contribution < -0.4 is 10.6 Å². The molecule has 0 bridgehead atoms. The molecule has 1 aliphatic carbocycles. The molecular weight excluding hydrogens is 360 g/mol. The lowest BCUT2D eigenvalue weighted by Gasteiger charge is -2.13. The predicted molar refractivity (Wildman–Crippen MR) is 108 cm³/mol. The zero-order valence-electron chi connectivity index (χ0n) is 15.6. The van der Waals surface area contributed by atoms with Gasteiger partial charge in [0.25, 0.3) is 5.91 Å². The van der Waals surface area contributed by atoms with E-state index < -0.39 is 9.84 Å². The first kappa shape index (κ1) is 19.6. The second-order valence-corrected chi connectivity index (χ2v) is 9.10. The molecular formula is C21H26N2O3S. The Morgan fingerprint density at radius 2 is 1.70 bits per heavy atom. The Bertz CT molecular complexity index is 886. The standard InChI is InChI=1S/C21H26N2O3S/c1-2-22-15-17-7-3-6-10-20(17)23-21(24)16-11-13-19(14-12-16)27(25,26)18-8-4-5-9-18/h3,6-7,10-14,18,22H,2,4-5,8-9,15H2,1H3,(H,23,24). The van der Waals surface area contributed by atoms with Crippen molar-refractivity contribution in [3.8, 4) is 0 Å². The van der Waals surface area contributed by atoms with Crippen molar-refractivity contribution >= 4 is 21.4 Å². The number of carbonyl (C=O) groups excluding carboxylic acids is 1. The molecule has 5 nitrogen and oxygen atoms in total. The van der Waals surface area contributed by atoms with Crippen LogP contribution in [0.3, 0.4) is 0 Å². The van der Waals surface area contributed by atoms with Gasteiger partial charge in [-0.05, 0) is 55.3 Å². The summed E-state index contributed by atoms with van der Waals surface area (Å²) in [5.41, 5.74) is 2.21. The highest BCUT2D eigenvalue weighted by atomic mass is 32.2. The number of sulfone groups is 1. The number of anilines is 1. The van der Waals surface area contributed by atoms with Crippen LogP contribution in [0, 0.1) is 0 Å². The van der Waals surface area contributed by atoms with Crippen LogP contribution in [0.15, 0.2) is 53.4 Å². The number of nitrogens with one attached hydrogen (secondary N) is 2. The minimum atomic E-state index is -3.30. The highest BCUT2D eigenvalue weighted by Crippen LogP contribution is 2.29. The Morgan fingerprint density at radius 1 is 1.04 bits per heavy atom. The third kappa shape index (κ3) is 4.57. The average molecular weight is 387 g/mol. The molecule has 6 heteroatoms. The molecule has 0 unspecified atom stereocenters. The van der Waals surface area contributed by atoms with Gasteiger partial charge < -0.3 is 10.6 Å². The number of amides is 1. The van der Waals surface area contributed by atoms with Crippen molar-refractivity contribution in [2.24, 2.45) is 0 Å². The van der Waals surface area contributed by atoms with Crippen molar-refractivity contribution in [1.82, 2.24) is 5.32 Å². The zero-order chi connectivity index (χ0) is 19.3. The molecule has 1 saturated carbocycles. The van der Waals surface area contributed by atoms with E-state index in [1.165, 1.54) is 0 Å². The van der Waals surface area contributed by atoms with Gasteiger partial charge in [0.05, 0.1) is 10.1 Å². The fourth-order valence-corrected chi connectivity index (χ4v) is 5.29. The molecule has 1 aliphatic rings. The van der Waals surface area contributed by atoms with Gasteiger partial charge in [0.15, 0.2) is 9.84 Å². The highest BCUT2D eigenvalue weighted by molar-refractivity contribution is 7.92. The summed E-state index contributed by atoms with van der Waals surface area (Å²) in [6, 6.07) is 13.9. The van der Waals surface area contributed by atoms with Crippen LogP contribution >= 0.6 is 0 Å². The first-order valence-corrected chi connectivity index (χ1v) is 11.0. The highest BCUT2D eigenvalue weighted by Gasteiger charge is 2.30. The lowest BCUT2D eigenvalue weighted by molar-refractivity contribution is 0.102. The molecule has 2 aromatic rings. The van der Waals surface area contributed by atoms with Crippen molar-refractivity contribution in [1.29, 1.82) is 0 Å². The molecule has 27 heavy (non-hydrogen) atoms. The van der Waals surface area contributed by atoms with Gasteiger partial charge in [-0.1, -0.05) is 38.0 Å². The quantitative estimate of drug-likeness (QED) is 0.760. The van der Waals surface area contributed by atoms with Gasteiger partial charge in [-0.3, -0.25) is 4.79 Å². The fraction of sp³-hybridized carbons (Fsp3) is 0.381. The third-order valence-corrected chi connectivity index (χ3v) is 7.30. The number of para-hydroxylation sites is 1. The number of benzene rings is 2. The molecule has 0 aliphatic heterocycles. The van der Waals surface area contributed by atoms with Crippen LogP contribution in [0.5, 0.6) is 0 Å². The molecule has 0 atom stereocenters. The van der Waals surface area contributed by atoms with Crippen molar-refractivity contribution in [2.75, 3.05) is 11.9 Å². The summed E-state index contributed by atoms with van der Waals surface area (Å²) in [4.78, 5) is 12.9. The molecule has 3 rings (SSSR count). The van der Waals surface area contributed by atoms with Crippen LogP contribution in [0.2, 0.25) is 0 Å². The molecule has 144 valence electrons. The normalized spacial score (nSPS) is 15.0. The number of hydrogen-bond acceptors (Lipinski definition) is 4. The van der Waals surface area contributed by atoms with Gasteiger partial charge in [0, 0.05) is 17.8 Å². The third-order valence-electron chi connectivity index (χ3n) is 5.02. The molecule has 1 fully saturated rings. The molecule has 0 saturated heterocycles. The van der Waals surface area contributed by atoms with Gasteiger partial charge >= 0.3 is 0 Å². The van der Waals surface area contributed by atoms with Crippen molar-refractivity contribution in [3.63, 3.8) is 0 Å². The molecule has 2 aromatic carbocycles. The van der Waals surface area contributed by atoms with Crippen LogP contribution in [0.4, 0.5) is 5.69 Å². The maximum Gasteiger partial charge on any atom is 0.255 e. The topological polar surface area (TPSA) is 75.3 Å². The van der Waals surface area contributed by atoms with Crippen molar-refractivity contribution < 1.29 is 13.2 Å². The maximum atomic E-state index is 12.6. The largest absolute Gasteiger partial charge is 0.322 e. The fourth-order valence-electron chi connectivity index (χ4n) is 3.44. The van der Waals surface area contributed by atoms with Gasteiger partial charge in [0.2, 0.25) is 0 Å². The SMILES string of the molecule is CCNCc1ccccc1NC(=O)c1ccc(S(=O)(=O)C2CCCC2)cc1. The Morgan fingerprint density at radius 3 is 2.37 bits per heavy atom. The van der Waals surface area contributed by atoms with E-state index >= 15 is 0 Å². The van der Waals surface area contributed by atoms with E-state index in [9.17, 15) is 13.2 Å². The number of carbonyl (C=O) groups is 1.